The van der Waals surface area contributed by atoms with Crippen LogP contribution < -0.4 is 5.32 Å². The number of hydrogen-bond donors (Lipinski definition) is 1. The molecule has 0 bridgehead atoms. The summed E-state index contributed by atoms with van der Waals surface area (Å²) in [4.78, 5) is 18.7. The van der Waals surface area contributed by atoms with Gasteiger partial charge in [-0.15, -0.1) is 5.10 Å². The zero-order valence-corrected chi connectivity index (χ0v) is 15.7. The molecule has 0 atom stereocenters. The van der Waals surface area contributed by atoms with Crippen molar-refractivity contribution >= 4 is 5.91 Å². The molecule has 4 rings (SSSR count). The van der Waals surface area contributed by atoms with E-state index in [0.29, 0.717) is 30.5 Å². The van der Waals surface area contributed by atoms with Crippen LogP contribution in [0.25, 0.3) is 0 Å². The Morgan fingerprint density at radius 3 is 2.96 bits per heavy atom. The Labute approximate surface area is 161 Å². The van der Waals surface area contributed by atoms with Crippen LogP contribution in [0, 0.1) is 0 Å². The predicted molar refractivity (Wildman–Crippen MR) is 97.6 cm³/mol. The Kier molecular flexibility index (Phi) is 5.38. The Morgan fingerprint density at radius 2 is 2.14 bits per heavy atom. The van der Waals surface area contributed by atoms with E-state index in [1.165, 1.54) is 15.8 Å². The van der Waals surface area contributed by atoms with Crippen molar-refractivity contribution in [3.63, 3.8) is 0 Å². The van der Waals surface area contributed by atoms with Gasteiger partial charge in [0.2, 0.25) is 11.8 Å². The Hall–Kier alpha value is -3.14. The number of hydrogen-bond acceptors (Lipinski definition) is 8. The fourth-order valence-corrected chi connectivity index (χ4v) is 3.22. The first-order valence-electron chi connectivity index (χ1n) is 9.33. The number of benzene rings is 1. The second-order valence-corrected chi connectivity index (χ2v) is 6.72. The molecule has 0 radical (unpaired) electrons. The molecular weight excluding hydrogens is 360 g/mol. The van der Waals surface area contributed by atoms with Crippen molar-refractivity contribution in [1.82, 2.24) is 40.6 Å². The quantitative estimate of drug-likeness (QED) is 0.628. The van der Waals surface area contributed by atoms with Gasteiger partial charge in [0, 0.05) is 19.5 Å². The predicted octanol–water partition coefficient (Wildman–Crippen LogP) is 0.493. The SMILES string of the molecule is CCc1noc(CNC(=O)Cn2nnnc2CN2CCc3ccccc3C2)n1. The highest BCUT2D eigenvalue weighted by Crippen LogP contribution is 2.19. The van der Waals surface area contributed by atoms with Gasteiger partial charge in [-0.3, -0.25) is 9.69 Å². The van der Waals surface area contributed by atoms with Gasteiger partial charge in [0.15, 0.2) is 11.6 Å². The van der Waals surface area contributed by atoms with Gasteiger partial charge in [-0.25, -0.2) is 4.68 Å². The van der Waals surface area contributed by atoms with Crippen molar-refractivity contribution in [1.29, 1.82) is 0 Å². The summed E-state index contributed by atoms with van der Waals surface area (Å²) in [6.07, 6.45) is 1.69. The van der Waals surface area contributed by atoms with Gasteiger partial charge < -0.3 is 9.84 Å². The van der Waals surface area contributed by atoms with Gasteiger partial charge in [0.05, 0.1) is 13.1 Å². The summed E-state index contributed by atoms with van der Waals surface area (Å²) in [6.45, 7) is 4.55. The molecule has 1 aromatic carbocycles. The average molecular weight is 382 g/mol. The highest BCUT2D eigenvalue weighted by molar-refractivity contribution is 5.75. The fourth-order valence-electron chi connectivity index (χ4n) is 3.22. The summed E-state index contributed by atoms with van der Waals surface area (Å²) < 4.78 is 6.59. The van der Waals surface area contributed by atoms with E-state index >= 15 is 0 Å². The molecule has 146 valence electrons. The van der Waals surface area contributed by atoms with Gasteiger partial charge in [-0.1, -0.05) is 36.3 Å². The standard InChI is InChI=1S/C18H22N8O2/c1-2-15-20-18(28-22-15)9-19-17(27)12-26-16(21-23-24-26)11-25-8-7-13-5-3-4-6-14(13)10-25/h3-6H,2,7-12H2,1H3,(H,19,27). The van der Waals surface area contributed by atoms with Crippen LogP contribution in [0.4, 0.5) is 0 Å². The Bertz CT molecular complexity index is 950. The van der Waals surface area contributed by atoms with Crippen molar-refractivity contribution < 1.29 is 9.32 Å². The number of rotatable bonds is 7. The summed E-state index contributed by atoms with van der Waals surface area (Å²) in [6, 6.07) is 8.46. The minimum atomic E-state index is -0.214. The van der Waals surface area contributed by atoms with Crippen LogP contribution in [-0.4, -0.2) is 47.7 Å². The van der Waals surface area contributed by atoms with E-state index in [2.05, 4.69) is 60.1 Å². The number of aromatic nitrogens is 6. The largest absolute Gasteiger partial charge is 0.345 e. The molecule has 0 aliphatic carbocycles. The number of carbonyl (C=O) groups excluding carboxylic acids is 1. The van der Waals surface area contributed by atoms with Gasteiger partial charge in [0.1, 0.15) is 6.54 Å². The second-order valence-electron chi connectivity index (χ2n) is 6.72. The van der Waals surface area contributed by atoms with Crippen molar-refractivity contribution in [2.45, 2.75) is 45.9 Å². The summed E-state index contributed by atoms with van der Waals surface area (Å²) >= 11 is 0. The molecular formula is C18H22N8O2. The molecule has 0 saturated heterocycles. The van der Waals surface area contributed by atoms with E-state index in [9.17, 15) is 4.79 Å². The molecule has 0 spiro atoms. The van der Waals surface area contributed by atoms with Crippen molar-refractivity contribution in [3.05, 3.63) is 52.9 Å². The number of nitrogens with zero attached hydrogens (tertiary/aromatic N) is 7. The second kappa shape index (κ2) is 8.26. The molecule has 3 aromatic rings. The third-order valence-corrected chi connectivity index (χ3v) is 4.74. The molecule has 10 nitrogen and oxygen atoms in total. The maximum Gasteiger partial charge on any atom is 0.246 e. The molecule has 2 aromatic heterocycles. The Morgan fingerprint density at radius 1 is 1.29 bits per heavy atom. The third kappa shape index (κ3) is 4.22. The van der Waals surface area contributed by atoms with E-state index in [0.717, 1.165) is 19.5 Å². The number of carbonyl (C=O) groups is 1. The summed E-state index contributed by atoms with van der Waals surface area (Å²) in [5.74, 6) is 1.46. The fraction of sp³-hybridized carbons (Fsp3) is 0.444. The first-order chi connectivity index (χ1) is 13.7. The molecule has 1 N–H and O–H groups in total. The maximum absolute atomic E-state index is 12.2. The monoisotopic (exact) mass is 382 g/mol. The lowest BCUT2D eigenvalue weighted by Crippen LogP contribution is -2.33. The van der Waals surface area contributed by atoms with Crippen molar-refractivity contribution in [2.24, 2.45) is 0 Å². The number of aryl methyl sites for hydroxylation is 1. The minimum Gasteiger partial charge on any atom is -0.345 e. The van der Waals surface area contributed by atoms with Crippen LogP contribution in [0.2, 0.25) is 0 Å². The maximum atomic E-state index is 12.2. The van der Waals surface area contributed by atoms with Crippen molar-refractivity contribution in [3.8, 4) is 0 Å². The summed E-state index contributed by atoms with van der Waals surface area (Å²) in [7, 11) is 0. The smallest absolute Gasteiger partial charge is 0.246 e. The van der Waals surface area contributed by atoms with Gasteiger partial charge in [-0.05, 0) is 28.0 Å². The van der Waals surface area contributed by atoms with Crippen LogP contribution >= 0.6 is 0 Å². The molecule has 0 saturated carbocycles. The number of tetrazole rings is 1. The molecule has 1 aliphatic rings. The molecule has 0 fully saturated rings. The highest BCUT2D eigenvalue weighted by atomic mass is 16.5. The van der Waals surface area contributed by atoms with Crippen LogP contribution in [0.5, 0.6) is 0 Å². The van der Waals surface area contributed by atoms with E-state index < -0.39 is 0 Å². The molecule has 0 unspecified atom stereocenters. The molecule has 1 aliphatic heterocycles. The Balaban J connectivity index is 1.32. The first-order valence-corrected chi connectivity index (χ1v) is 9.33. The summed E-state index contributed by atoms with van der Waals surface area (Å²) in [5.41, 5.74) is 2.72. The molecule has 28 heavy (non-hydrogen) atoms. The van der Waals surface area contributed by atoms with Crippen LogP contribution in [0.15, 0.2) is 28.8 Å². The minimum absolute atomic E-state index is 0.0432. The highest BCUT2D eigenvalue weighted by Gasteiger charge is 2.19. The van der Waals surface area contributed by atoms with E-state index in [4.69, 9.17) is 4.52 Å². The van der Waals surface area contributed by atoms with Crippen LogP contribution in [-0.2, 0) is 43.8 Å². The lowest BCUT2D eigenvalue weighted by Gasteiger charge is -2.28. The lowest BCUT2D eigenvalue weighted by molar-refractivity contribution is -0.122. The topological polar surface area (TPSA) is 115 Å². The molecule has 1 amide bonds. The number of fused-ring (bicyclic) bond motifs is 1. The molecule has 10 heteroatoms. The summed E-state index contributed by atoms with van der Waals surface area (Å²) in [5, 5.41) is 18.3. The third-order valence-electron chi connectivity index (χ3n) is 4.74. The van der Waals surface area contributed by atoms with Crippen LogP contribution in [0.3, 0.4) is 0 Å². The molecule has 3 heterocycles. The lowest BCUT2D eigenvalue weighted by atomic mass is 10.00. The van der Waals surface area contributed by atoms with Crippen LogP contribution in [0.1, 0.15) is 35.6 Å². The van der Waals surface area contributed by atoms with Gasteiger partial charge >= 0.3 is 0 Å². The van der Waals surface area contributed by atoms with E-state index in [1.54, 1.807) is 0 Å². The van der Waals surface area contributed by atoms with Crippen molar-refractivity contribution in [2.75, 3.05) is 6.54 Å². The average Bonchev–Trinajstić information content (AvgIpc) is 3.36. The number of nitrogens with one attached hydrogen (secondary N) is 1. The first kappa shape index (κ1) is 18.2. The normalized spacial score (nSPS) is 14.0. The van der Waals surface area contributed by atoms with E-state index in [1.807, 2.05) is 6.92 Å². The van der Waals surface area contributed by atoms with Gasteiger partial charge in [-0.2, -0.15) is 4.98 Å². The van der Waals surface area contributed by atoms with E-state index in [-0.39, 0.29) is 19.0 Å². The number of amides is 1. The van der Waals surface area contributed by atoms with Gasteiger partial charge in [0.25, 0.3) is 0 Å². The zero-order valence-electron chi connectivity index (χ0n) is 15.7. The zero-order chi connectivity index (χ0) is 19.3.